The van der Waals surface area contributed by atoms with Gasteiger partial charge in [0.05, 0.1) is 4.92 Å². The van der Waals surface area contributed by atoms with Gasteiger partial charge in [-0.05, 0) is 12.1 Å². The second-order valence-electron chi connectivity index (χ2n) is 5.76. The lowest BCUT2D eigenvalue weighted by atomic mass is 9.97. The molecule has 0 spiro atoms. The Kier molecular flexibility index (Phi) is 5.40. The number of nitrogen functional groups attached to an aromatic ring is 1. The average molecular weight is 387 g/mol. The Morgan fingerprint density at radius 1 is 1.44 bits per heavy atom. The smallest absolute Gasteiger partial charge is 0.393 e. The summed E-state index contributed by atoms with van der Waals surface area (Å²) in [7, 11) is 1.30. The van der Waals surface area contributed by atoms with Crippen molar-refractivity contribution < 1.29 is 28.0 Å². The van der Waals surface area contributed by atoms with Crippen molar-refractivity contribution in [1.82, 2.24) is 14.9 Å². The highest BCUT2D eigenvalue weighted by Crippen LogP contribution is 2.40. The fraction of sp³-hybridized carbons (Fsp3) is 0.333. The van der Waals surface area contributed by atoms with Gasteiger partial charge in [-0.25, -0.2) is 4.98 Å². The van der Waals surface area contributed by atoms with Crippen molar-refractivity contribution in [2.24, 2.45) is 7.05 Å². The van der Waals surface area contributed by atoms with Gasteiger partial charge in [0.2, 0.25) is 5.60 Å². The number of carbonyl (C=O) groups excluding carboxylic acids is 1. The third-order valence-corrected chi connectivity index (χ3v) is 3.92. The molecule has 0 aliphatic rings. The summed E-state index contributed by atoms with van der Waals surface area (Å²) in [5, 5.41) is 23.2. The maximum atomic E-state index is 13.4. The summed E-state index contributed by atoms with van der Waals surface area (Å²) in [5.41, 5.74) is 1.35. The van der Waals surface area contributed by atoms with Crippen molar-refractivity contribution in [2.45, 2.75) is 18.2 Å². The molecule has 0 fully saturated rings. The van der Waals surface area contributed by atoms with Crippen molar-refractivity contribution in [3.05, 3.63) is 52.1 Å². The summed E-state index contributed by atoms with van der Waals surface area (Å²) < 4.78 is 41.2. The number of carbonyl (C=O) groups is 1. The van der Waals surface area contributed by atoms with Crippen molar-refractivity contribution >= 4 is 17.3 Å². The van der Waals surface area contributed by atoms with Crippen LogP contribution in [-0.2, 0) is 12.6 Å². The van der Waals surface area contributed by atoms with E-state index in [0.717, 1.165) is 22.9 Å². The number of aryl methyl sites for hydroxylation is 1. The molecular weight excluding hydrogens is 371 g/mol. The van der Waals surface area contributed by atoms with E-state index in [0.29, 0.717) is 0 Å². The van der Waals surface area contributed by atoms with Crippen LogP contribution in [0.1, 0.15) is 22.6 Å². The molecule has 0 bridgehead atoms. The number of imidazole rings is 1. The molecule has 1 aromatic heterocycles. The number of halogens is 3. The number of aromatic nitrogens is 2. The van der Waals surface area contributed by atoms with E-state index in [-0.39, 0.29) is 11.3 Å². The SMILES string of the molecule is Cn1ccnc1C(O)(CCNC(=O)c1ccc(N)c([N+](=O)[O-])c1)C(F)(F)F. The minimum atomic E-state index is -5.03. The molecule has 2 rings (SSSR count). The Morgan fingerprint density at radius 2 is 2.11 bits per heavy atom. The van der Waals surface area contributed by atoms with Crippen LogP contribution in [-0.4, -0.2) is 38.2 Å². The summed E-state index contributed by atoms with van der Waals surface area (Å²) in [6, 6.07) is 3.26. The van der Waals surface area contributed by atoms with E-state index in [1.165, 1.54) is 19.3 Å². The van der Waals surface area contributed by atoms with Crippen LogP contribution in [0.25, 0.3) is 0 Å². The Hall–Kier alpha value is -3.15. The lowest BCUT2D eigenvalue weighted by Crippen LogP contribution is -2.46. The predicted octanol–water partition coefficient (Wildman–Crippen LogP) is 1.48. The van der Waals surface area contributed by atoms with Gasteiger partial charge in [0, 0.05) is 44.0 Å². The second kappa shape index (κ2) is 7.23. The van der Waals surface area contributed by atoms with Crippen molar-refractivity contribution in [3.8, 4) is 0 Å². The van der Waals surface area contributed by atoms with E-state index >= 15 is 0 Å². The molecule has 0 aliphatic carbocycles. The number of rotatable bonds is 6. The number of hydrogen-bond donors (Lipinski definition) is 3. The Labute approximate surface area is 150 Å². The van der Waals surface area contributed by atoms with Gasteiger partial charge in [0.25, 0.3) is 11.6 Å². The number of aliphatic hydroxyl groups is 1. The number of nitrogens with one attached hydrogen (secondary N) is 1. The molecule has 12 heteroatoms. The van der Waals surface area contributed by atoms with Crippen LogP contribution in [0.3, 0.4) is 0 Å². The van der Waals surface area contributed by atoms with Crippen LogP contribution in [0.15, 0.2) is 30.6 Å². The van der Waals surface area contributed by atoms with Crippen LogP contribution in [0.4, 0.5) is 24.5 Å². The molecule has 1 unspecified atom stereocenters. The van der Waals surface area contributed by atoms with Crippen LogP contribution >= 0.6 is 0 Å². The quantitative estimate of drug-likeness (QED) is 0.390. The van der Waals surface area contributed by atoms with Gasteiger partial charge in [-0.1, -0.05) is 0 Å². The molecule has 0 radical (unpaired) electrons. The number of nitrogens with two attached hydrogens (primary N) is 1. The molecule has 146 valence electrons. The molecule has 0 saturated carbocycles. The summed E-state index contributed by atoms with van der Waals surface area (Å²) in [6.45, 7) is -0.556. The van der Waals surface area contributed by atoms with Gasteiger partial charge in [-0.15, -0.1) is 0 Å². The first-order valence-corrected chi connectivity index (χ1v) is 7.56. The van der Waals surface area contributed by atoms with Crippen molar-refractivity contribution in [3.63, 3.8) is 0 Å². The lowest BCUT2D eigenvalue weighted by molar-refractivity contribution is -0.383. The van der Waals surface area contributed by atoms with Gasteiger partial charge in [-0.2, -0.15) is 13.2 Å². The van der Waals surface area contributed by atoms with Crippen LogP contribution in [0, 0.1) is 10.1 Å². The third kappa shape index (κ3) is 4.00. The standard InChI is InChI=1S/C15H16F3N5O4/c1-22-7-6-21-13(22)14(25,15(16,17)18)4-5-20-12(24)9-2-3-10(19)11(8-9)23(26)27/h2-3,6-8,25H,4-5,19H2,1H3,(H,20,24). The number of benzene rings is 1. The first kappa shape index (κ1) is 20.2. The van der Waals surface area contributed by atoms with E-state index in [1.807, 2.05) is 0 Å². The molecule has 0 aliphatic heterocycles. The van der Waals surface area contributed by atoms with Gasteiger partial charge in [0.1, 0.15) is 11.5 Å². The maximum Gasteiger partial charge on any atom is 0.424 e. The second-order valence-corrected chi connectivity index (χ2v) is 5.76. The lowest BCUT2D eigenvalue weighted by Gasteiger charge is -2.29. The Balaban J connectivity index is 2.14. The van der Waals surface area contributed by atoms with Crippen molar-refractivity contribution in [2.75, 3.05) is 12.3 Å². The number of alkyl halides is 3. The average Bonchev–Trinajstić information content (AvgIpc) is 3.00. The van der Waals surface area contributed by atoms with Crippen molar-refractivity contribution in [1.29, 1.82) is 0 Å². The summed E-state index contributed by atoms with van der Waals surface area (Å²) >= 11 is 0. The minimum Gasteiger partial charge on any atom is -0.393 e. The number of amides is 1. The van der Waals surface area contributed by atoms with E-state index in [2.05, 4.69) is 10.3 Å². The first-order valence-electron chi connectivity index (χ1n) is 7.56. The molecular formula is C15H16F3N5O4. The highest BCUT2D eigenvalue weighted by Gasteiger charge is 2.57. The molecule has 27 heavy (non-hydrogen) atoms. The molecule has 1 heterocycles. The normalized spacial score (nSPS) is 13.8. The highest BCUT2D eigenvalue weighted by atomic mass is 19.4. The number of hydrogen-bond acceptors (Lipinski definition) is 6. The third-order valence-electron chi connectivity index (χ3n) is 3.92. The molecule has 1 atom stereocenters. The topological polar surface area (TPSA) is 136 Å². The van der Waals surface area contributed by atoms with Crippen LogP contribution in [0.2, 0.25) is 0 Å². The zero-order valence-corrected chi connectivity index (χ0v) is 14.0. The molecule has 4 N–H and O–H groups in total. The zero-order chi connectivity index (χ0) is 20.4. The Morgan fingerprint density at radius 3 is 2.63 bits per heavy atom. The van der Waals surface area contributed by atoms with Crippen LogP contribution < -0.4 is 11.1 Å². The highest BCUT2D eigenvalue weighted by molar-refractivity contribution is 5.95. The summed E-state index contributed by atoms with van der Waals surface area (Å²) in [6.07, 6.45) is -3.57. The summed E-state index contributed by atoms with van der Waals surface area (Å²) in [4.78, 5) is 25.7. The number of nitrogens with zero attached hydrogens (tertiary/aromatic N) is 3. The maximum absolute atomic E-state index is 13.4. The number of anilines is 1. The van der Waals surface area contributed by atoms with E-state index in [9.17, 15) is 33.2 Å². The van der Waals surface area contributed by atoms with E-state index in [1.54, 1.807) is 0 Å². The fourth-order valence-corrected chi connectivity index (χ4v) is 2.45. The largest absolute Gasteiger partial charge is 0.424 e. The monoisotopic (exact) mass is 387 g/mol. The molecule has 1 amide bonds. The minimum absolute atomic E-state index is 0.150. The van der Waals surface area contributed by atoms with Gasteiger partial charge >= 0.3 is 6.18 Å². The number of nitro benzene ring substituents is 1. The molecule has 0 saturated heterocycles. The fourth-order valence-electron chi connectivity index (χ4n) is 2.45. The van der Waals surface area contributed by atoms with Gasteiger partial charge < -0.3 is 20.7 Å². The summed E-state index contributed by atoms with van der Waals surface area (Å²) in [5.74, 6) is -1.46. The molecule has 9 nitrogen and oxygen atoms in total. The first-order chi connectivity index (χ1) is 12.5. The number of nitro groups is 1. The van der Waals surface area contributed by atoms with Gasteiger partial charge in [-0.3, -0.25) is 14.9 Å². The van der Waals surface area contributed by atoms with E-state index in [4.69, 9.17) is 5.73 Å². The van der Waals surface area contributed by atoms with Gasteiger partial charge in [0.15, 0.2) is 0 Å². The predicted molar refractivity (Wildman–Crippen MR) is 87.6 cm³/mol. The molecule has 2 aromatic rings. The Bertz CT molecular complexity index is 867. The van der Waals surface area contributed by atoms with E-state index < -0.39 is 47.1 Å². The van der Waals surface area contributed by atoms with Crippen LogP contribution in [0.5, 0.6) is 0 Å². The zero-order valence-electron chi connectivity index (χ0n) is 14.0. The molecule has 1 aromatic carbocycles.